The number of aromatic nitrogens is 1. The normalized spacial score (nSPS) is 10.2. The van der Waals surface area contributed by atoms with Crippen LogP contribution in [0.1, 0.15) is 19.2 Å². The number of hydrogen-bond acceptors (Lipinski definition) is 5. The standard InChI is InChI=1S/C15H16ClN3O4/c1-2-22-15(21)19-18-13(20)7-8-14-17-9-12(23-14)10-5-3-4-6-11(10)16/h3-6,9H,2,7-8H2,1H3,(H,18,20)(H,19,21). The van der Waals surface area contributed by atoms with Crippen LogP contribution in [0.4, 0.5) is 4.79 Å². The Morgan fingerprint density at radius 2 is 2.09 bits per heavy atom. The maximum absolute atomic E-state index is 11.6. The van der Waals surface area contributed by atoms with Gasteiger partial charge in [0.15, 0.2) is 11.7 Å². The first-order valence-electron chi connectivity index (χ1n) is 7.01. The molecule has 2 amide bonds. The van der Waals surface area contributed by atoms with Crippen LogP contribution in [0.2, 0.25) is 5.02 Å². The summed E-state index contributed by atoms with van der Waals surface area (Å²) in [6, 6.07) is 7.25. The quantitative estimate of drug-likeness (QED) is 0.818. The predicted octanol–water partition coefficient (Wildman–Crippen LogP) is 2.70. The molecule has 0 aliphatic carbocycles. The molecule has 122 valence electrons. The molecular formula is C15H16ClN3O4. The van der Waals surface area contributed by atoms with Gasteiger partial charge in [0.2, 0.25) is 5.91 Å². The monoisotopic (exact) mass is 337 g/mol. The van der Waals surface area contributed by atoms with Gasteiger partial charge in [0.1, 0.15) is 0 Å². The van der Waals surface area contributed by atoms with Crippen molar-refractivity contribution in [3.63, 3.8) is 0 Å². The number of hydrogen-bond donors (Lipinski definition) is 2. The number of aryl methyl sites for hydroxylation is 1. The number of hydrazine groups is 1. The van der Waals surface area contributed by atoms with E-state index in [1.54, 1.807) is 19.2 Å². The van der Waals surface area contributed by atoms with Gasteiger partial charge in [-0.05, 0) is 19.1 Å². The molecule has 0 saturated heterocycles. The molecule has 0 unspecified atom stereocenters. The molecule has 0 bridgehead atoms. The largest absolute Gasteiger partial charge is 0.449 e. The van der Waals surface area contributed by atoms with Crippen LogP contribution in [-0.2, 0) is 16.0 Å². The van der Waals surface area contributed by atoms with Crippen molar-refractivity contribution in [1.82, 2.24) is 15.8 Å². The third-order valence-electron chi connectivity index (χ3n) is 2.84. The Morgan fingerprint density at radius 1 is 1.30 bits per heavy atom. The molecule has 0 aliphatic heterocycles. The van der Waals surface area contributed by atoms with Crippen LogP contribution in [0.25, 0.3) is 11.3 Å². The molecule has 7 nitrogen and oxygen atoms in total. The first-order chi connectivity index (χ1) is 11.1. The summed E-state index contributed by atoms with van der Waals surface area (Å²) in [7, 11) is 0. The van der Waals surface area contributed by atoms with E-state index < -0.39 is 6.09 Å². The molecule has 0 fully saturated rings. The molecular weight excluding hydrogens is 322 g/mol. The lowest BCUT2D eigenvalue weighted by molar-refractivity contribution is -0.122. The Morgan fingerprint density at radius 3 is 2.83 bits per heavy atom. The Hall–Kier alpha value is -2.54. The van der Waals surface area contributed by atoms with Crippen molar-refractivity contribution in [3.8, 4) is 11.3 Å². The second kappa shape index (κ2) is 8.19. The molecule has 2 aromatic rings. The minimum atomic E-state index is -0.710. The van der Waals surface area contributed by atoms with Crippen LogP contribution in [-0.4, -0.2) is 23.6 Å². The molecule has 2 rings (SSSR count). The molecule has 1 aromatic heterocycles. The fourth-order valence-corrected chi connectivity index (χ4v) is 2.01. The van der Waals surface area contributed by atoms with E-state index in [1.807, 2.05) is 18.2 Å². The lowest BCUT2D eigenvalue weighted by Crippen LogP contribution is -2.42. The Labute approximate surface area is 138 Å². The Balaban J connectivity index is 1.84. The van der Waals surface area contributed by atoms with E-state index in [9.17, 15) is 9.59 Å². The number of carbonyl (C=O) groups is 2. The maximum Gasteiger partial charge on any atom is 0.426 e. The zero-order valence-corrected chi connectivity index (χ0v) is 13.2. The van der Waals surface area contributed by atoms with Gasteiger partial charge in [0.05, 0.1) is 17.8 Å². The molecule has 0 aliphatic rings. The van der Waals surface area contributed by atoms with E-state index >= 15 is 0 Å². The van der Waals surface area contributed by atoms with Crippen molar-refractivity contribution in [1.29, 1.82) is 0 Å². The summed E-state index contributed by atoms with van der Waals surface area (Å²) >= 11 is 6.09. The Bertz CT molecular complexity index is 687. The van der Waals surface area contributed by atoms with E-state index in [-0.39, 0.29) is 18.9 Å². The van der Waals surface area contributed by atoms with Crippen LogP contribution in [0.15, 0.2) is 34.9 Å². The molecule has 2 N–H and O–H groups in total. The second-order valence-corrected chi connectivity index (χ2v) is 4.90. The molecule has 0 saturated carbocycles. The molecule has 23 heavy (non-hydrogen) atoms. The van der Waals surface area contributed by atoms with Gasteiger partial charge in [-0.3, -0.25) is 10.2 Å². The topological polar surface area (TPSA) is 93.5 Å². The number of benzene rings is 1. The number of nitrogens with one attached hydrogen (secondary N) is 2. The summed E-state index contributed by atoms with van der Waals surface area (Å²) < 4.78 is 10.2. The van der Waals surface area contributed by atoms with Crippen LogP contribution in [0.3, 0.4) is 0 Å². The van der Waals surface area contributed by atoms with Crippen molar-refractivity contribution >= 4 is 23.6 Å². The lowest BCUT2D eigenvalue weighted by Gasteiger charge is -2.06. The van der Waals surface area contributed by atoms with Crippen LogP contribution in [0.5, 0.6) is 0 Å². The van der Waals surface area contributed by atoms with Crippen molar-refractivity contribution in [2.24, 2.45) is 0 Å². The van der Waals surface area contributed by atoms with Gasteiger partial charge < -0.3 is 9.15 Å². The first kappa shape index (κ1) is 16.8. The summed E-state index contributed by atoms with van der Waals surface area (Å²) in [5.41, 5.74) is 5.10. The smallest absolute Gasteiger partial charge is 0.426 e. The van der Waals surface area contributed by atoms with Gasteiger partial charge in [0.25, 0.3) is 0 Å². The van der Waals surface area contributed by atoms with Crippen molar-refractivity contribution in [2.75, 3.05) is 6.61 Å². The van der Waals surface area contributed by atoms with Gasteiger partial charge in [-0.1, -0.05) is 23.7 Å². The van der Waals surface area contributed by atoms with Gasteiger partial charge in [-0.25, -0.2) is 15.2 Å². The van der Waals surface area contributed by atoms with E-state index in [1.165, 1.54) is 0 Å². The SMILES string of the molecule is CCOC(=O)NNC(=O)CCc1ncc(-c2ccccc2Cl)o1. The summed E-state index contributed by atoms with van der Waals surface area (Å²) in [4.78, 5) is 26.7. The zero-order valence-electron chi connectivity index (χ0n) is 12.5. The number of ether oxygens (including phenoxy) is 1. The fraction of sp³-hybridized carbons (Fsp3) is 0.267. The van der Waals surface area contributed by atoms with Crippen molar-refractivity contribution in [3.05, 3.63) is 41.4 Å². The van der Waals surface area contributed by atoms with Gasteiger partial charge >= 0.3 is 6.09 Å². The van der Waals surface area contributed by atoms with Crippen molar-refractivity contribution in [2.45, 2.75) is 19.8 Å². The number of carbonyl (C=O) groups excluding carboxylic acids is 2. The third kappa shape index (κ3) is 5.00. The molecule has 1 heterocycles. The second-order valence-electron chi connectivity index (χ2n) is 4.49. The highest BCUT2D eigenvalue weighted by Gasteiger charge is 2.11. The van der Waals surface area contributed by atoms with E-state index in [4.69, 9.17) is 16.0 Å². The zero-order chi connectivity index (χ0) is 16.7. The minimum absolute atomic E-state index is 0.106. The molecule has 0 radical (unpaired) electrons. The average Bonchev–Trinajstić information content (AvgIpc) is 3.00. The number of rotatable bonds is 5. The molecule has 0 atom stereocenters. The summed E-state index contributed by atoms with van der Waals surface area (Å²) in [6.07, 6.45) is 1.25. The van der Waals surface area contributed by atoms with Gasteiger partial charge in [-0.2, -0.15) is 0 Å². The minimum Gasteiger partial charge on any atom is -0.449 e. The fourth-order valence-electron chi connectivity index (χ4n) is 1.78. The van der Waals surface area contributed by atoms with E-state index in [0.29, 0.717) is 23.1 Å². The molecule has 8 heteroatoms. The summed E-state index contributed by atoms with van der Waals surface area (Å²) in [6.45, 7) is 1.89. The highest BCUT2D eigenvalue weighted by atomic mass is 35.5. The number of oxazole rings is 1. The van der Waals surface area contributed by atoms with Crippen LogP contribution in [0, 0.1) is 0 Å². The third-order valence-corrected chi connectivity index (χ3v) is 3.17. The van der Waals surface area contributed by atoms with Crippen LogP contribution < -0.4 is 10.9 Å². The first-order valence-corrected chi connectivity index (χ1v) is 7.39. The predicted molar refractivity (Wildman–Crippen MR) is 83.6 cm³/mol. The maximum atomic E-state index is 11.6. The van der Waals surface area contributed by atoms with Crippen LogP contribution >= 0.6 is 11.6 Å². The average molecular weight is 338 g/mol. The molecule has 0 spiro atoms. The lowest BCUT2D eigenvalue weighted by atomic mass is 10.2. The summed E-state index contributed by atoms with van der Waals surface area (Å²) in [5, 5.41) is 0.562. The Kier molecular flexibility index (Phi) is 5.99. The molecule has 1 aromatic carbocycles. The van der Waals surface area contributed by atoms with E-state index in [2.05, 4.69) is 20.6 Å². The van der Waals surface area contributed by atoms with Crippen molar-refractivity contribution < 1.29 is 18.7 Å². The van der Waals surface area contributed by atoms with Gasteiger partial charge in [-0.15, -0.1) is 0 Å². The van der Waals surface area contributed by atoms with Gasteiger partial charge in [0, 0.05) is 18.4 Å². The highest BCUT2D eigenvalue weighted by molar-refractivity contribution is 6.33. The summed E-state index contributed by atoms with van der Waals surface area (Å²) in [5.74, 6) is 0.567. The number of amides is 2. The number of nitrogens with zero attached hydrogens (tertiary/aromatic N) is 1. The van der Waals surface area contributed by atoms with E-state index in [0.717, 1.165) is 5.56 Å². The number of halogens is 1. The highest BCUT2D eigenvalue weighted by Crippen LogP contribution is 2.28.